The maximum absolute atomic E-state index is 12.3. The highest BCUT2D eigenvalue weighted by Crippen LogP contribution is 2.38. The summed E-state index contributed by atoms with van der Waals surface area (Å²) in [5, 5.41) is 15.6. The van der Waals surface area contributed by atoms with Crippen LogP contribution in [0.15, 0.2) is 24.3 Å². The van der Waals surface area contributed by atoms with Crippen molar-refractivity contribution in [2.75, 3.05) is 14.1 Å². The Morgan fingerprint density at radius 1 is 1.09 bits per heavy atom. The summed E-state index contributed by atoms with van der Waals surface area (Å²) in [6.45, 7) is 1.93. The van der Waals surface area contributed by atoms with E-state index in [0.717, 1.165) is 5.56 Å². The van der Waals surface area contributed by atoms with Crippen LogP contribution in [0.25, 0.3) is 0 Å². The van der Waals surface area contributed by atoms with Crippen LogP contribution >= 0.6 is 0 Å². The Hall–Kier alpha value is -2.44. The van der Waals surface area contributed by atoms with Gasteiger partial charge >= 0.3 is 12.1 Å². The van der Waals surface area contributed by atoms with Crippen molar-refractivity contribution in [3.8, 4) is 5.75 Å². The summed E-state index contributed by atoms with van der Waals surface area (Å²) >= 11 is 0. The average Bonchev–Trinajstić information content (AvgIpc) is 2.47. The standard InChI is InChI=1S/C15H20N4O3/c1-8-11-12(9-5-4-6-10(20)7-9)18(2)15(22)17-13(11)19(3)14(21)16-8/h4-8,11-13,20H,1-3H3,(H,16,21)(H,17,22)/t8-,11+,12+,13-/m0/s1. The second-order valence-corrected chi connectivity index (χ2v) is 5.97. The van der Waals surface area contributed by atoms with Crippen LogP contribution in [0.5, 0.6) is 5.75 Å². The van der Waals surface area contributed by atoms with Gasteiger partial charge in [0.2, 0.25) is 0 Å². The molecular formula is C15H20N4O3. The minimum atomic E-state index is -0.375. The van der Waals surface area contributed by atoms with Crippen LogP contribution in [0.1, 0.15) is 18.5 Å². The summed E-state index contributed by atoms with van der Waals surface area (Å²) in [6.07, 6.45) is -0.375. The highest BCUT2D eigenvalue weighted by molar-refractivity contribution is 5.80. The normalized spacial score (nSPS) is 31.4. The number of phenolic OH excluding ortho intramolecular Hbond substituents is 1. The third-order valence-electron chi connectivity index (χ3n) is 4.62. The number of hydrogen-bond donors (Lipinski definition) is 3. The van der Waals surface area contributed by atoms with E-state index in [1.807, 2.05) is 13.0 Å². The number of benzene rings is 1. The highest BCUT2D eigenvalue weighted by Gasteiger charge is 2.49. The zero-order chi connectivity index (χ0) is 16.0. The van der Waals surface area contributed by atoms with E-state index in [-0.39, 0.29) is 42.0 Å². The molecule has 118 valence electrons. The SMILES string of the molecule is C[C@@H]1NC(=O)N(C)[C@@H]2NC(=O)N(C)[C@H](c3cccc(O)c3)[C@@H]12. The maximum Gasteiger partial charge on any atom is 0.319 e. The Balaban J connectivity index is 2.05. The third-order valence-corrected chi connectivity index (χ3v) is 4.62. The highest BCUT2D eigenvalue weighted by atomic mass is 16.3. The van der Waals surface area contributed by atoms with Gasteiger partial charge in [-0.25, -0.2) is 9.59 Å². The van der Waals surface area contributed by atoms with Crippen LogP contribution in [0.2, 0.25) is 0 Å². The number of carbonyl (C=O) groups is 2. The number of nitrogens with zero attached hydrogens (tertiary/aromatic N) is 2. The topological polar surface area (TPSA) is 84.9 Å². The van der Waals surface area contributed by atoms with Crippen molar-refractivity contribution < 1.29 is 14.7 Å². The smallest absolute Gasteiger partial charge is 0.319 e. The van der Waals surface area contributed by atoms with Crippen LogP contribution in [0.4, 0.5) is 9.59 Å². The number of nitrogens with one attached hydrogen (secondary N) is 2. The molecule has 0 aliphatic carbocycles. The first-order chi connectivity index (χ1) is 10.4. The zero-order valence-electron chi connectivity index (χ0n) is 12.8. The molecule has 2 aliphatic heterocycles. The molecule has 3 N–H and O–H groups in total. The molecule has 0 radical (unpaired) electrons. The van der Waals surface area contributed by atoms with Crippen LogP contribution < -0.4 is 10.6 Å². The van der Waals surface area contributed by atoms with Gasteiger partial charge in [-0.05, 0) is 24.6 Å². The molecule has 0 spiro atoms. The van der Waals surface area contributed by atoms with Crippen LogP contribution in [0, 0.1) is 5.92 Å². The van der Waals surface area contributed by atoms with E-state index in [4.69, 9.17) is 0 Å². The van der Waals surface area contributed by atoms with E-state index >= 15 is 0 Å². The molecular weight excluding hydrogens is 284 g/mol. The number of fused-ring (bicyclic) bond motifs is 1. The van der Waals surface area contributed by atoms with E-state index in [9.17, 15) is 14.7 Å². The fraction of sp³-hybridized carbons (Fsp3) is 0.467. The van der Waals surface area contributed by atoms with Crippen LogP contribution in [0.3, 0.4) is 0 Å². The molecule has 0 unspecified atom stereocenters. The van der Waals surface area contributed by atoms with E-state index in [0.29, 0.717) is 0 Å². The number of urea groups is 2. The zero-order valence-corrected chi connectivity index (χ0v) is 12.8. The fourth-order valence-electron chi connectivity index (χ4n) is 3.46. The molecule has 2 saturated heterocycles. The van der Waals surface area contributed by atoms with Crippen LogP contribution in [-0.4, -0.2) is 53.3 Å². The molecule has 1 aromatic carbocycles. The molecule has 7 heteroatoms. The number of phenols is 1. The maximum atomic E-state index is 12.3. The summed E-state index contributed by atoms with van der Waals surface area (Å²) in [7, 11) is 3.40. The largest absolute Gasteiger partial charge is 0.508 e. The quantitative estimate of drug-likeness (QED) is 0.725. The lowest BCUT2D eigenvalue weighted by Gasteiger charge is -2.52. The van der Waals surface area contributed by atoms with E-state index in [1.54, 1.807) is 37.2 Å². The van der Waals surface area contributed by atoms with Crippen molar-refractivity contribution in [3.05, 3.63) is 29.8 Å². The summed E-state index contributed by atoms with van der Waals surface area (Å²) in [6, 6.07) is 6.14. The lowest BCUT2D eigenvalue weighted by atomic mass is 9.81. The van der Waals surface area contributed by atoms with E-state index in [1.165, 1.54) is 4.90 Å². The minimum Gasteiger partial charge on any atom is -0.508 e. The molecule has 2 aliphatic rings. The Bertz CT molecular complexity index is 621. The number of carbonyl (C=O) groups excluding carboxylic acids is 2. The van der Waals surface area contributed by atoms with E-state index in [2.05, 4.69) is 10.6 Å². The number of aromatic hydroxyl groups is 1. The van der Waals surface area contributed by atoms with Gasteiger partial charge in [0, 0.05) is 26.1 Å². The van der Waals surface area contributed by atoms with Gasteiger partial charge in [0.05, 0.1) is 6.04 Å². The van der Waals surface area contributed by atoms with Gasteiger partial charge in [-0.3, -0.25) is 0 Å². The number of rotatable bonds is 1. The minimum absolute atomic E-state index is 0.0350. The molecule has 0 aromatic heterocycles. The van der Waals surface area contributed by atoms with Crippen molar-refractivity contribution in [2.24, 2.45) is 5.92 Å². The molecule has 0 saturated carbocycles. The summed E-state index contributed by atoms with van der Waals surface area (Å²) < 4.78 is 0. The third kappa shape index (κ3) is 2.13. The van der Waals surface area contributed by atoms with Crippen LogP contribution in [-0.2, 0) is 0 Å². The molecule has 2 fully saturated rings. The van der Waals surface area contributed by atoms with Gasteiger partial charge < -0.3 is 25.5 Å². The van der Waals surface area contributed by atoms with Gasteiger partial charge in [0.1, 0.15) is 11.9 Å². The molecule has 7 nitrogen and oxygen atoms in total. The summed E-state index contributed by atoms with van der Waals surface area (Å²) in [5.41, 5.74) is 0.851. The molecule has 2 heterocycles. The summed E-state index contributed by atoms with van der Waals surface area (Å²) in [4.78, 5) is 27.4. The Morgan fingerprint density at radius 3 is 2.45 bits per heavy atom. The molecule has 4 atom stereocenters. The van der Waals surface area contributed by atoms with Crippen molar-refractivity contribution in [1.29, 1.82) is 0 Å². The first-order valence-electron chi connectivity index (χ1n) is 7.25. The van der Waals surface area contributed by atoms with Crippen molar-refractivity contribution in [3.63, 3.8) is 0 Å². The second-order valence-electron chi connectivity index (χ2n) is 5.97. The second kappa shape index (κ2) is 5.08. The molecule has 4 amide bonds. The Labute approximate surface area is 128 Å². The van der Waals surface area contributed by atoms with Gasteiger partial charge in [0.25, 0.3) is 0 Å². The number of amides is 4. The fourth-order valence-corrected chi connectivity index (χ4v) is 3.46. The van der Waals surface area contributed by atoms with Crippen molar-refractivity contribution in [2.45, 2.75) is 25.2 Å². The first-order valence-corrected chi connectivity index (χ1v) is 7.25. The monoisotopic (exact) mass is 304 g/mol. The molecule has 0 bridgehead atoms. The predicted octanol–water partition coefficient (Wildman–Crippen LogP) is 1.07. The van der Waals surface area contributed by atoms with Gasteiger partial charge in [-0.1, -0.05) is 12.1 Å². The van der Waals surface area contributed by atoms with Crippen molar-refractivity contribution >= 4 is 12.1 Å². The first kappa shape index (κ1) is 14.5. The number of hydrogen-bond acceptors (Lipinski definition) is 3. The lowest BCUT2D eigenvalue weighted by Crippen LogP contribution is -2.71. The summed E-state index contributed by atoms with van der Waals surface area (Å²) in [5.74, 6) is 0.126. The Morgan fingerprint density at radius 2 is 1.77 bits per heavy atom. The molecule has 1 aromatic rings. The predicted molar refractivity (Wildman–Crippen MR) is 80.2 cm³/mol. The van der Waals surface area contributed by atoms with Crippen molar-refractivity contribution in [1.82, 2.24) is 20.4 Å². The average molecular weight is 304 g/mol. The van der Waals surface area contributed by atoms with Gasteiger partial charge in [-0.2, -0.15) is 0 Å². The van der Waals surface area contributed by atoms with Gasteiger partial charge in [0.15, 0.2) is 0 Å². The van der Waals surface area contributed by atoms with E-state index < -0.39 is 0 Å². The molecule has 22 heavy (non-hydrogen) atoms. The Kier molecular flexibility index (Phi) is 3.35. The van der Waals surface area contributed by atoms with Gasteiger partial charge in [-0.15, -0.1) is 0 Å². The lowest BCUT2D eigenvalue weighted by molar-refractivity contribution is 0.0247. The molecule has 3 rings (SSSR count).